The van der Waals surface area contributed by atoms with Crippen LogP contribution in [0.1, 0.15) is 12.6 Å². The van der Waals surface area contributed by atoms with E-state index < -0.39 is 5.95 Å². The number of halogens is 1. The minimum Gasteiger partial charge on any atom is -0.329 e. The fourth-order valence-corrected chi connectivity index (χ4v) is 3.45. The standard InChI is InChI=1S/C20H18FN9/c1-3-13-12-19(30-18(23-13)10-11-22-30)28(2)14-4-6-15(7-5-14)29-16(8-9-17(29)21)20-24-26-27-25-20/h4-12H,3H2,1-2H3,(H,24,25,26,27). The second kappa shape index (κ2) is 7.07. The van der Waals surface area contributed by atoms with E-state index >= 15 is 0 Å². The largest absolute Gasteiger partial charge is 0.329 e. The van der Waals surface area contributed by atoms with Crippen LogP contribution in [0.4, 0.5) is 15.9 Å². The summed E-state index contributed by atoms with van der Waals surface area (Å²) in [6.07, 6.45) is 2.56. The number of fused-ring (bicyclic) bond motifs is 1. The monoisotopic (exact) mass is 403 g/mol. The Bertz CT molecular complexity index is 1300. The van der Waals surface area contributed by atoms with Crippen LogP contribution in [0.3, 0.4) is 0 Å². The van der Waals surface area contributed by atoms with Gasteiger partial charge >= 0.3 is 0 Å². The Morgan fingerprint density at radius 1 is 1.10 bits per heavy atom. The summed E-state index contributed by atoms with van der Waals surface area (Å²) < 4.78 is 17.7. The van der Waals surface area contributed by atoms with Crippen LogP contribution in [0.2, 0.25) is 0 Å². The van der Waals surface area contributed by atoms with Crippen LogP contribution in [-0.4, -0.2) is 46.8 Å². The van der Waals surface area contributed by atoms with E-state index in [1.807, 2.05) is 48.3 Å². The molecule has 0 spiro atoms. The molecule has 9 nitrogen and oxygen atoms in total. The number of aromatic nitrogens is 8. The average Bonchev–Trinajstić information content (AvgIpc) is 3.53. The molecule has 5 aromatic rings. The highest BCUT2D eigenvalue weighted by molar-refractivity contribution is 5.64. The molecule has 30 heavy (non-hydrogen) atoms. The van der Waals surface area contributed by atoms with Crippen molar-refractivity contribution in [2.45, 2.75) is 13.3 Å². The molecule has 5 rings (SSSR count). The van der Waals surface area contributed by atoms with E-state index in [4.69, 9.17) is 0 Å². The maximum atomic E-state index is 14.5. The molecule has 4 aromatic heterocycles. The molecular formula is C20H18FN9. The Labute approximate surface area is 170 Å². The van der Waals surface area contributed by atoms with Crippen molar-refractivity contribution in [3.05, 3.63) is 66.4 Å². The third-order valence-electron chi connectivity index (χ3n) is 5.02. The van der Waals surface area contributed by atoms with Gasteiger partial charge < -0.3 is 4.90 Å². The third-order valence-corrected chi connectivity index (χ3v) is 5.02. The van der Waals surface area contributed by atoms with Crippen molar-refractivity contribution in [1.29, 1.82) is 0 Å². The highest BCUT2D eigenvalue weighted by atomic mass is 19.1. The van der Waals surface area contributed by atoms with Crippen molar-refractivity contribution < 1.29 is 4.39 Å². The molecule has 0 aliphatic heterocycles. The van der Waals surface area contributed by atoms with Crippen molar-refractivity contribution in [3.8, 4) is 17.2 Å². The van der Waals surface area contributed by atoms with Gasteiger partial charge in [-0.3, -0.25) is 4.57 Å². The molecule has 4 heterocycles. The van der Waals surface area contributed by atoms with Crippen LogP contribution in [0.25, 0.3) is 22.9 Å². The summed E-state index contributed by atoms with van der Waals surface area (Å²) in [6.45, 7) is 2.07. The van der Waals surface area contributed by atoms with Crippen LogP contribution in [-0.2, 0) is 6.42 Å². The first-order chi connectivity index (χ1) is 14.7. The number of benzene rings is 1. The van der Waals surface area contributed by atoms with Gasteiger partial charge in [0.2, 0.25) is 0 Å². The van der Waals surface area contributed by atoms with Gasteiger partial charge in [-0.15, -0.1) is 5.10 Å². The topological polar surface area (TPSA) is 92.8 Å². The normalized spacial score (nSPS) is 11.3. The molecule has 1 aromatic carbocycles. The van der Waals surface area contributed by atoms with Crippen LogP contribution in [0.15, 0.2) is 54.7 Å². The van der Waals surface area contributed by atoms with E-state index in [9.17, 15) is 4.39 Å². The second-order valence-corrected chi connectivity index (χ2v) is 6.76. The van der Waals surface area contributed by atoms with Crippen molar-refractivity contribution in [2.75, 3.05) is 11.9 Å². The highest BCUT2D eigenvalue weighted by Gasteiger charge is 2.16. The molecule has 0 aliphatic rings. The summed E-state index contributed by atoms with van der Waals surface area (Å²) in [5.41, 5.74) is 3.92. The number of aromatic amines is 1. The van der Waals surface area contributed by atoms with E-state index in [1.165, 1.54) is 10.6 Å². The minimum atomic E-state index is -0.400. The van der Waals surface area contributed by atoms with Gasteiger partial charge in [0.05, 0.1) is 11.9 Å². The number of hydrogen-bond acceptors (Lipinski definition) is 6. The first kappa shape index (κ1) is 18.0. The predicted octanol–water partition coefficient (Wildman–Crippen LogP) is 3.17. The number of tetrazole rings is 1. The molecular weight excluding hydrogens is 385 g/mol. The lowest BCUT2D eigenvalue weighted by Gasteiger charge is -2.21. The molecule has 0 saturated carbocycles. The van der Waals surface area contributed by atoms with Gasteiger partial charge in [0.25, 0.3) is 0 Å². The quantitative estimate of drug-likeness (QED) is 0.485. The van der Waals surface area contributed by atoms with Crippen molar-refractivity contribution in [1.82, 2.24) is 39.8 Å². The number of aryl methyl sites for hydroxylation is 1. The number of rotatable bonds is 5. The van der Waals surface area contributed by atoms with E-state index in [0.29, 0.717) is 17.2 Å². The minimum absolute atomic E-state index is 0.394. The Morgan fingerprint density at radius 3 is 2.67 bits per heavy atom. The lowest BCUT2D eigenvalue weighted by molar-refractivity contribution is 0.561. The Kier molecular flexibility index (Phi) is 4.24. The van der Waals surface area contributed by atoms with Crippen molar-refractivity contribution >= 4 is 17.2 Å². The third kappa shape index (κ3) is 2.89. The smallest absolute Gasteiger partial charge is 0.198 e. The van der Waals surface area contributed by atoms with Crippen LogP contribution < -0.4 is 4.90 Å². The van der Waals surface area contributed by atoms with Gasteiger partial charge in [0.1, 0.15) is 5.82 Å². The molecule has 0 radical (unpaired) electrons. The highest BCUT2D eigenvalue weighted by Crippen LogP contribution is 2.28. The van der Waals surface area contributed by atoms with E-state index in [-0.39, 0.29) is 0 Å². The Balaban J connectivity index is 1.53. The maximum Gasteiger partial charge on any atom is 0.198 e. The molecule has 0 saturated heterocycles. The second-order valence-electron chi connectivity index (χ2n) is 6.76. The number of nitrogens with one attached hydrogen (secondary N) is 1. The Hall–Kier alpha value is -4.08. The van der Waals surface area contributed by atoms with Crippen LogP contribution in [0.5, 0.6) is 0 Å². The number of H-pyrrole nitrogens is 1. The molecule has 150 valence electrons. The van der Waals surface area contributed by atoms with Crippen molar-refractivity contribution in [3.63, 3.8) is 0 Å². The molecule has 0 atom stereocenters. The summed E-state index contributed by atoms with van der Waals surface area (Å²) in [6, 6.07) is 14.5. The first-order valence-electron chi connectivity index (χ1n) is 9.45. The lowest BCUT2D eigenvalue weighted by atomic mass is 10.2. The van der Waals surface area contributed by atoms with E-state index in [1.54, 1.807) is 16.8 Å². The Morgan fingerprint density at radius 2 is 1.93 bits per heavy atom. The van der Waals surface area contributed by atoms with Crippen molar-refractivity contribution in [2.24, 2.45) is 0 Å². The fraction of sp³-hybridized carbons (Fsp3) is 0.150. The van der Waals surface area contributed by atoms with E-state index in [0.717, 1.165) is 29.3 Å². The average molecular weight is 403 g/mol. The first-order valence-corrected chi connectivity index (χ1v) is 9.45. The molecule has 0 bridgehead atoms. The zero-order valence-corrected chi connectivity index (χ0v) is 16.4. The molecule has 1 N–H and O–H groups in total. The zero-order chi connectivity index (χ0) is 20.7. The molecule has 0 unspecified atom stereocenters. The maximum absolute atomic E-state index is 14.5. The molecule has 0 amide bonds. The van der Waals surface area contributed by atoms with Gasteiger partial charge in [0, 0.05) is 36.2 Å². The molecule has 0 fully saturated rings. The summed E-state index contributed by atoms with van der Waals surface area (Å²) >= 11 is 0. The van der Waals surface area contributed by atoms with Gasteiger partial charge in [-0.25, -0.2) is 10.1 Å². The summed E-state index contributed by atoms with van der Waals surface area (Å²) in [4.78, 5) is 6.62. The zero-order valence-electron chi connectivity index (χ0n) is 16.4. The summed E-state index contributed by atoms with van der Waals surface area (Å²) in [5.74, 6) is 0.891. The van der Waals surface area contributed by atoms with Crippen LogP contribution in [0, 0.1) is 5.95 Å². The SMILES string of the molecule is CCc1cc(N(C)c2ccc(-n3c(F)ccc3-c3nnn[nH]3)cc2)n2nccc2n1. The van der Waals surface area contributed by atoms with Gasteiger partial charge in [0.15, 0.2) is 17.4 Å². The number of nitrogens with zero attached hydrogens (tertiary/aromatic N) is 8. The number of anilines is 2. The lowest BCUT2D eigenvalue weighted by Crippen LogP contribution is -2.15. The van der Waals surface area contributed by atoms with Gasteiger partial charge in [-0.2, -0.15) is 14.0 Å². The van der Waals surface area contributed by atoms with E-state index in [2.05, 4.69) is 37.6 Å². The molecule has 10 heteroatoms. The van der Waals surface area contributed by atoms with Crippen LogP contribution >= 0.6 is 0 Å². The van der Waals surface area contributed by atoms with Gasteiger partial charge in [-0.05, 0) is 53.2 Å². The predicted molar refractivity (Wildman–Crippen MR) is 109 cm³/mol. The summed E-state index contributed by atoms with van der Waals surface area (Å²) in [5, 5.41) is 18.1. The fourth-order valence-electron chi connectivity index (χ4n) is 3.45. The van der Waals surface area contributed by atoms with Gasteiger partial charge in [-0.1, -0.05) is 6.92 Å². The summed E-state index contributed by atoms with van der Waals surface area (Å²) in [7, 11) is 1.97. The molecule has 0 aliphatic carbocycles. The number of hydrogen-bond donors (Lipinski definition) is 1.